The van der Waals surface area contributed by atoms with Crippen molar-refractivity contribution in [1.29, 1.82) is 0 Å². The minimum absolute atomic E-state index is 0.285. The van der Waals surface area contributed by atoms with Gasteiger partial charge < -0.3 is 9.80 Å². The van der Waals surface area contributed by atoms with Crippen LogP contribution in [0.5, 0.6) is 0 Å². The van der Waals surface area contributed by atoms with Crippen LogP contribution in [0.2, 0.25) is 0 Å². The lowest BCUT2D eigenvalue weighted by atomic mass is 9.95. The average Bonchev–Trinajstić information content (AvgIpc) is 3.14. The maximum atomic E-state index is 12.7. The van der Waals surface area contributed by atoms with Crippen LogP contribution in [0.15, 0.2) is 23.1 Å². The Morgan fingerprint density at radius 3 is 2.33 bits per heavy atom. The first-order valence-corrected chi connectivity index (χ1v) is 10.6. The Hall–Kier alpha value is -1.81. The topological polar surface area (TPSA) is 83.8 Å². The number of benzene rings is 1. The number of piperidine rings is 1. The lowest BCUT2D eigenvalue weighted by Crippen LogP contribution is -2.38. The highest BCUT2D eigenvalue weighted by molar-refractivity contribution is 7.91. The van der Waals surface area contributed by atoms with Gasteiger partial charge in [0.15, 0.2) is 0 Å². The normalized spacial score (nSPS) is 19.7. The molecule has 0 bridgehead atoms. The van der Waals surface area contributed by atoms with Crippen molar-refractivity contribution in [2.24, 2.45) is 5.92 Å². The summed E-state index contributed by atoms with van der Waals surface area (Å²) in [6, 6.07) is 3.04. The van der Waals surface area contributed by atoms with Crippen LogP contribution in [0.4, 0.5) is 20.2 Å². The number of nitrogens with zero attached hydrogens (tertiary/aromatic N) is 3. The lowest BCUT2D eigenvalue weighted by molar-refractivity contribution is -0.384. The Labute approximate surface area is 157 Å². The van der Waals surface area contributed by atoms with E-state index in [-0.39, 0.29) is 5.69 Å². The molecule has 2 aliphatic heterocycles. The summed E-state index contributed by atoms with van der Waals surface area (Å²) in [5.41, 5.74) is -0.164. The highest BCUT2D eigenvalue weighted by Gasteiger charge is 2.31. The fourth-order valence-corrected chi connectivity index (χ4v) is 4.62. The van der Waals surface area contributed by atoms with Crippen molar-refractivity contribution in [3.05, 3.63) is 28.3 Å². The van der Waals surface area contributed by atoms with Crippen LogP contribution in [-0.2, 0) is 9.84 Å². The second kappa shape index (κ2) is 8.05. The van der Waals surface area contributed by atoms with Gasteiger partial charge in [0, 0.05) is 25.7 Å². The molecule has 1 aromatic rings. The first kappa shape index (κ1) is 19.9. The van der Waals surface area contributed by atoms with Crippen LogP contribution < -0.4 is 4.90 Å². The molecule has 1 aromatic carbocycles. The van der Waals surface area contributed by atoms with Crippen molar-refractivity contribution in [3.63, 3.8) is 0 Å². The Balaban J connectivity index is 1.74. The standard InChI is InChI=1S/C17H23F2N3O4S/c18-17(19)27(25,26)14-3-4-15(16(11-14)22(23)24)21-9-5-13(6-10-21)12-20-7-1-2-8-20/h3-4,11,13,17H,1-2,5-10,12H2. The molecule has 0 atom stereocenters. The van der Waals surface area contributed by atoms with Gasteiger partial charge in [0.05, 0.1) is 9.82 Å². The molecule has 10 heteroatoms. The maximum absolute atomic E-state index is 12.7. The molecule has 0 saturated carbocycles. The van der Waals surface area contributed by atoms with Crippen LogP contribution in [0.1, 0.15) is 25.7 Å². The largest absolute Gasteiger partial charge is 0.366 e. The zero-order valence-corrected chi connectivity index (χ0v) is 15.7. The van der Waals surface area contributed by atoms with E-state index in [9.17, 15) is 27.3 Å². The van der Waals surface area contributed by atoms with Crippen molar-refractivity contribution in [2.45, 2.75) is 36.3 Å². The van der Waals surface area contributed by atoms with Gasteiger partial charge in [0.1, 0.15) is 5.69 Å². The third-order valence-corrected chi connectivity index (χ3v) is 6.76. The van der Waals surface area contributed by atoms with E-state index >= 15 is 0 Å². The van der Waals surface area contributed by atoms with Gasteiger partial charge in [-0.3, -0.25) is 10.1 Å². The molecule has 0 N–H and O–H groups in total. The number of anilines is 1. The van der Waals surface area contributed by atoms with Crippen LogP contribution in [0, 0.1) is 16.0 Å². The molecule has 2 aliphatic rings. The third-order valence-electron chi connectivity index (χ3n) is 5.38. The number of hydrogen-bond acceptors (Lipinski definition) is 6. The van der Waals surface area contributed by atoms with E-state index in [0.717, 1.165) is 44.6 Å². The molecule has 0 radical (unpaired) electrons. The zero-order chi connectivity index (χ0) is 19.6. The fourth-order valence-electron chi connectivity index (χ4n) is 3.88. The van der Waals surface area contributed by atoms with E-state index in [1.54, 1.807) is 0 Å². The van der Waals surface area contributed by atoms with Gasteiger partial charge in [-0.2, -0.15) is 8.78 Å². The van der Waals surface area contributed by atoms with Crippen molar-refractivity contribution < 1.29 is 22.1 Å². The number of halogens is 2. The van der Waals surface area contributed by atoms with Gasteiger partial charge in [0.25, 0.3) is 5.69 Å². The number of alkyl halides is 2. The molecule has 3 rings (SSSR count). The molecule has 150 valence electrons. The number of nitro groups is 1. The molecule has 2 saturated heterocycles. The second-order valence-electron chi connectivity index (χ2n) is 7.15. The maximum Gasteiger partial charge on any atom is 0.341 e. The smallest absolute Gasteiger partial charge is 0.341 e. The summed E-state index contributed by atoms with van der Waals surface area (Å²) in [6.07, 6.45) is 4.26. The Bertz CT molecular complexity index is 789. The summed E-state index contributed by atoms with van der Waals surface area (Å²) in [5, 5.41) is 11.4. The SMILES string of the molecule is O=[N+]([O-])c1cc(S(=O)(=O)C(F)F)ccc1N1CCC(CN2CCCC2)CC1. The number of sulfone groups is 1. The van der Waals surface area contributed by atoms with Gasteiger partial charge in [0.2, 0.25) is 9.84 Å². The second-order valence-corrected chi connectivity index (χ2v) is 9.07. The van der Waals surface area contributed by atoms with Crippen LogP contribution >= 0.6 is 0 Å². The van der Waals surface area contributed by atoms with Crippen molar-refractivity contribution in [3.8, 4) is 0 Å². The van der Waals surface area contributed by atoms with Crippen LogP contribution in [-0.4, -0.2) is 56.7 Å². The highest BCUT2D eigenvalue weighted by atomic mass is 32.2. The first-order chi connectivity index (χ1) is 12.8. The van der Waals surface area contributed by atoms with Gasteiger partial charge in [-0.1, -0.05) is 0 Å². The van der Waals surface area contributed by atoms with E-state index in [0.29, 0.717) is 19.0 Å². The van der Waals surface area contributed by atoms with E-state index in [1.165, 1.54) is 18.9 Å². The molecule has 0 aliphatic carbocycles. The van der Waals surface area contributed by atoms with Gasteiger partial charge in [-0.15, -0.1) is 0 Å². The monoisotopic (exact) mass is 403 g/mol. The molecule has 27 heavy (non-hydrogen) atoms. The summed E-state index contributed by atoms with van der Waals surface area (Å²) in [5.74, 6) is -3.07. The van der Waals surface area contributed by atoms with Crippen molar-refractivity contribution in [1.82, 2.24) is 4.90 Å². The minimum atomic E-state index is -4.86. The minimum Gasteiger partial charge on any atom is -0.366 e. The highest BCUT2D eigenvalue weighted by Crippen LogP contribution is 2.34. The first-order valence-electron chi connectivity index (χ1n) is 9.07. The van der Waals surface area contributed by atoms with Crippen LogP contribution in [0.3, 0.4) is 0 Å². The quantitative estimate of drug-likeness (QED) is 0.536. The van der Waals surface area contributed by atoms with E-state index in [1.807, 2.05) is 4.90 Å². The molecule has 0 aromatic heterocycles. The Kier molecular flexibility index (Phi) is 5.95. The number of likely N-dealkylation sites (tertiary alicyclic amines) is 1. The fraction of sp³-hybridized carbons (Fsp3) is 0.647. The van der Waals surface area contributed by atoms with Gasteiger partial charge in [-0.25, -0.2) is 8.42 Å². The Morgan fingerprint density at radius 1 is 1.15 bits per heavy atom. The van der Waals surface area contributed by atoms with Gasteiger partial charge in [-0.05, 0) is 56.8 Å². The molecule has 7 nitrogen and oxygen atoms in total. The summed E-state index contributed by atoms with van der Waals surface area (Å²) in [7, 11) is -4.86. The molecule has 0 spiro atoms. The molecule has 2 fully saturated rings. The van der Waals surface area contributed by atoms with E-state index in [4.69, 9.17) is 0 Å². The third kappa shape index (κ3) is 4.37. The number of rotatable bonds is 6. The Morgan fingerprint density at radius 2 is 1.78 bits per heavy atom. The summed E-state index contributed by atoms with van der Waals surface area (Å²) >= 11 is 0. The predicted octanol–water partition coefficient (Wildman–Crippen LogP) is 2.90. The summed E-state index contributed by atoms with van der Waals surface area (Å²) in [6.45, 7) is 4.56. The molecular weight excluding hydrogens is 380 g/mol. The molecular formula is C17H23F2N3O4S. The van der Waals surface area contributed by atoms with Gasteiger partial charge >= 0.3 is 5.76 Å². The van der Waals surface area contributed by atoms with E-state index in [2.05, 4.69) is 4.90 Å². The molecule has 2 heterocycles. The van der Waals surface area contributed by atoms with E-state index < -0.39 is 31.1 Å². The van der Waals surface area contributed by atoms with Crippen molar-refractivity contribution >= 4 is 21.2 Å². The number of hydrogen-bond donors (Lipinski definition) is 0. The predicted molar refractivity (Wildman–Crippen MR) is 96.9 cm³/mol. The average molecular weight is 403 g/mol. The molecule has 0 unspecified atom stereocenters. The molecule has 0 amide bonds. The lowest BCUT2D eigenvalue weighted by Gasteiger charge is -2.35. The van der Waals surface area contributed by atoms with Crippen molar-refractivity contribution in [2.75, 3.05) is 37.6 Å². The zero-order valence-electron chi connectivity index (χ0n) is 14.9. The number of nitro benzene ring substituents is 1. The summed E-state index contributed by atoms with van der Waals surface area (Å²) < 4.78 is 48.7. The van der Waals surface area contributed by atoms with Crippen LogP contribution in [0.25, 0.3) is 0 Å². The summed E-state index contributed by atoms with van der Waals surface area (Å²) in [4.78, 5) is 14.3.